The average Bonchev–Trinajstić information content (AvgIpc) is 3.19. The first-order valence-electron chi connectivity index (χ1n) is 12.2. The SMILES string of the molecule is CCn1ncc(/C=C2/C[C@H]3[C@@H]4CCC5CCCC[C@]5(C)[C@H]4CC[C@]3(C)C2=O)c1C. The Kier molecular flexibility index (Phi) is 4.60. The predicted molar refractivity (Wildman–Crippen MR) is 117 cm³/mol. The van der Waals surface area contributed by atoms with Gasteiger partial charge in [0.25, 0.3) is 0 Å². The zero-order valence-corrected chi connectivity index (χ0v) is 18.8. The lowest BCUT2D eigenvalue weighted by Crippen LogP contribution is -2.52. The third kappa shape index (κ3) is 2.75. The van der Waals surface area contributed by atoms with E-state index in [2.05, 4.69) is 38.9 Å². The van der Waals surface area contributed by atoms with Gasteiger partial charge >= 0.3 is 0 Å². The second kappa shape index (κ2) is 6.82. The fourth-order valence-electron chi connectivity index (χ4n) is 8.20. The number of carbonyl (C=O) groups excluding carboxylic acids is 1. The van der Waals surface area contributed by atoms with E-state index in [1.807, 2.05) is 10.9 Å². The quantitative estimate of drug-likeness (QED) is 0.559. The van der Waals surface area contributed by atoms with Crippen LogP contribution in [0.3, 0.4) is 0 Å². The Balaban J connectivity index is 1.46. The number of aryl methyl sites for hydroxylation is 1. The summed E-state index contributed by atoms with van der Waals surface area (Å²) in [5.74, 6) is 3.54. The summed E-state index contributed by atoms with van der Waals surface area (Å²) in [6, 6.07) is 0. The molecule has 1 aromatic heterocycles. The molecule has 1 heterocycles. The molecular weight excluding hydrogens is 356 g/mol. The van der Waals surface area contributed by atoms with Gasteiger partial charge in [-0.2, -0.15) is 5.10 Å². The van der Waals surface area contributed by atoms with Crippen molar-refractivity contribution < 1.29 is 4.79 Å². The van der Waals surface area contributed by atoms with Crippen LogP contribution < -0.4 is 0 Å². The maximum Gasteiger partial charge on any atom is 0.165 e. The van der Waals surface area contributed by atoms with Gasteiger partial charge in [-0.1, -0.05) is 26.7 Å². The highest BCUT2D eigenvalue weighted by atomic mass is 16.1. The summed E-state index contributed by atoms with van der Waals surface area (Å²) in [6.45, 7) is 10.0. The van der Waals surface area contributed by atoms with Crippen LogP contribution in [0.25, 0.3) is 6.08 Å². The largest absolute Gasteiger partial charge is 0.294 e. The third-order valence-corrected chi connectivity index (χ3v) is 9.99. The number of nitrogens with zero attached hydrogens (tertiary/aromatic N) is 2. The van der Waals surface area contributed by atoms with E-state index in [4.69, 9.17) is 0 Å². The zero-order valence-electron chi connectivity index (χ0n) is 18.8. The lowest BCUT2D eigenvalue weighted by atomic mass is 9.45. The van der Waals surface area contributed by atoms with Crippen LogP contribution in [-0.2, 0) is 11.3 Å². The van der Waals surface area contributed by atoms with E-state index in [1.54, 1.807) is 0 Å². The topological polar surface area (TPSA) is 34.9 Å². The lowest BCUT2D eigenvalue weighted by molar-refractivity contribution is -0.137. The Hall–Kier alpha value is -1.38. The van der Waals surface area contributed by atoms with Crippen LogP contribution in [0.15, 0.2) is 11.8 Å². The molecule has 4 aliphatic rings. The summed E-state index contributed by atoms with van der Waals surface area (Å²) in [6.07, 6.45) is 16.0. The summed E-state index contributed by atoms with van der Waals surface area (Å²) in [4.78, 5) is 13.6. The fraction of sp³-hybridized carbons (Fsp3) is 0.769. The highest BCUT2D eigenvalue weighted by Gasteiger charge is 2.60. The van der Waals surface area contributed by atoms with Gasteiger partial charge in [0.2, 0.25) is 0 Å². The average molecular weight is 395 g/mol. The lowest BCUT2D eigenvalue weighted by Gasteiger charge is -2.59. The third-order valence-electron chi connectivity index (χ3n) is 9.99. The van der Waals surface area contributed by atoms with Gasteiger partial charge in [0.15, 0.2) is 5.78 Å². The Bertz CT molecular complexity index is 851. The molecule has 0 saturated heterocycles. The van der Waals surface area contributed by atoms with Crippen molar-refractivity contribution in [3.05, 3.63) is 23.0 Å². The first-order chi connectivity index (χ1) is 13.9. The Morgan fingerprint density at radius 2 is 1.97 bits per heavy atom. The van der Waals surface area contributed by atoms with Crippen molar-refractivity contribution in [2.24, 2.45) is 34.5 Å². The maximum absolute atomic E-state index is 13.6. The van der Waals surface area contributed by atoms with Crippen LogP contribution >= 0.6 is 0 Å². The van der Waals surface area contributed by atoms with E-state index in [0.717, 1.165) is 48.3 Å². The Morgan fingerprint density at radius 1 is 1.14 bits per heavy atom. The van der Waals surface area contributed by atoms with Crippen molar-refractivity contribution in [2.75, 3.05) is 0 Å². The number of rotatable bonds is 2. The first kappa shape index (κ1) is 19.6. The van der Waals surface area contributed by atoms with Gasteiger partial charge in [0, 0.05) is 23.2 Å². The number of hydrogen-bond donors (Lipinski definition) is 0. The smallest absolute Gasteiger partial charge is 0.165 e. The summed E-state index contributed by atoms with van der Waals surface area (Å²) >= 11 is 0. The minimum absolute atomic E-state index is 0.125. The second-order valence-corrected chi connectivity index (χ2v) is 11.1. The highest BCUT2D eigenvalue weighted by molar-refractivity contribution is 6.06. The number of Topliss-reactive ketones (excluding diaryl/α,β-unsaturated/α-hetero) is 1. The number of ketones is 1. The van der Waals surface area contributed by atoms with Crippen LogP contribution in [0.4, 0.5) is 0 Å². The van der Waals surface area contributed by atoms with Gasteiger partial charge in [0.1, 0.15) is 0 Å². The van der Waals surface area contributed by atoms with Gasteiger partial charge in [0.05, 0.1) is 6.20 Å². The molecule has 4 aliphatic carbocycles. The molecule has 5 rings (SSSR count). The van der Waals surface area contributed by atoms with Crippen molar-refractivity contribution in [3.63, 3.8) is 0 Å². The molecule has 3 nitrogen and oxygen atoms in total. The first-order valence-corrected chi connectivity index (χ1v) is 12.2. The predicted octanol–water partition coefficient (Wildman–Crippen LogP) is 6.21. The van der Waals surface area contributed by atoms with Crippen molar-refractivity contribution in [1.82, 2.24) is 9.78 Å². The minimum Gasteiger partial charge on any atom is -0.294 e. The molecule has 0 aliphatic heterocycles. The summed E-state index contributed by atoms with van der Waals surface area (Å²) in [7, 11) is 0. The normalized spacial score (nSPS) is 43.2. The highest BCUT2D eigenvalue weighted by Crippen LogP contribution is 2.66. The summed E-state index contributed by atoms with van der Waals surface area (Å²) < 4.78 is 2.03. The molecule has 0 radical (unpaired) electrons. The van der Waals surface area contributed by atoms with E-state index in [1.165, 1.54) is 50.6 Å². The molecule has 1 unspecified atom stereocenters. The molecule has 158 valence electrons. The number of allylic oxidation sites excluding steroid dienone is 1. The van der Waals surface area contributed by atoms with Gasteiger partial charge in [-0.15, -0.1) is 0 Å². The molecule has 0 amide bonds. The molecule has 1 aromatic rings. The van der Waals surface area contributed by atoms with Gasteiger partial charge < -0.3 is 0 Å². The van der Waals surface area contributed by atoms with Crippen molar-refractivity contribution in [2.45, 2.75) is 92.0 Å². The number of hydrogen-bond acceptors (Lipinski definition) is 2. The number of fused-ring (bicyclic) bond motifs is 5. The summed E-state index contributed by atoms with van der Waals surface area (Å²) in [5.41, 5.74) is 3.81. The standard InChI is InChI=1S/C26H38N2O/c1-5-28-17(2)19(16-27-28)14-18-15-23-21-10-9-20-8-6-7-12-25(20,3)22(21)11-13-26(23,4)24(18)29/h14,16,20-23H,5-13,15H2,1-4H3/b18-14-/t20?,21-,22+,23+,25+,26+/m1/s1. The molecule has 4 saturated carbocycles. The van der Waals surface area contributed by atoms with E-state index < -0.39 is 0 Å². The van der Waals surface area contributed by atoms with Crippen LogP contribution in [0.1, 0.15) is 89.8 Å². The van der Waals surface area contributed by atoms with Crippen LogP contribution in [0.2, 0.25) is 0 Å². The fourth-order valence-corrected chi connectivity index (χ4v) is 8.20. The molecule has 29 heavy (non-hydrogen) atoms. The van der Waals surface area contributed by atoms with Crippen LogP contribution in [0, 0.1) is 41.4 Å². The number of aromatic nitrogens is 2. The minimum atomic E-state index is -0.125. The number of carbonyl (C=O) groups is 1. The van der Waals surface area contributed by atoms with Crippen LogP contribution in [-0.4, -0.2) is 15.6 Å². The van der Waals surface area contributed by atoms with Gasteiger partial charge in [-0.25, -0.2) is 0 Å². The summed E-state index contributed by atoms with van der Waals surface area (Å²) in [5, 5.41) is 4.49. The molecule has 0 N–H and O–H groups in total. The molecule has 0 spiro atoms. The van der Waals surface area contributed by atoms with Crippen LogP contribution in [0.5, 0.6) is 0 Å². The molecular formula is C26H38N2O. The maximum atomic E-state index is 13.6. The van der Waals surface area contributed by atoms with E-state index >= 15 is 0 Å². The molecule has 3 heteroatoms. The molecule has 0 bridgehead atoms. The van der Waals surface area contributed by atoms with Crippen molar-refractivity contribution >= 4 is 11.9 Å². The van der Waals surface area contributed by atoms with Gasteiger partial charge in [-0.3, -0.25) is 9.48 Å². The second-order valence-electron chi connectivity index (χ2n) is 11.1. The monoisotopic (exact) mass is 394 g/mol. The van der Waals surface area contributed by atoms with Crippen molar-refractivity contribution in [1.29, 1.82) is 0 Å². The van der Waals surface area contributed by atoms with E-state index in [0.29, 0.717) is 17.1 Å². The zero-order chi connectivity index (χ0) is 20.4. The van der Waals surface area contributed by atoms with Gasteiger partial charge in [-0.05, 0) is 99.5 Å². The Morgan fingerprint density at radius 3 is 2.72 bits per heavy atom. The molecule has 0 aromatic carbocycles. The molecule has 4 fully saturated rings. The van der Waals surface area contributed by atoms with E-state index in [-0.39, 0.29) is 5.41 Å². The van der Waals surface area contributed by atoms with Crippen molar-refractivity contribution in [3.8, 4) is 0 Å². The molecule has 6 atom stereocenters. The van der Waals surface area contributed by atoms with E-state index in [9.17, 15) is 4.79 Å². The Labute approximate surface area is 176 Å².